The number of carbonyl (C=O) groups is 1. The third-order valence-electron chi connectivity index (χ3n) is 5.06. The van der Waals surface area contributed by atoms with Gasteiger partial charge in [0.1, 0.15) is 5.82 Å². The molecule has 2 aromatic rings. The fraction of sp³-hybridized carbons (Fsp3) is 0.476. The summed E-state index contributed by atoms with van der Waals surface area (Å²) in [5, 5.41) is 0.633. The van der Waals surface area contributed by atoms with Crippen LogP contribution in [0.2, 0.25) is 0 Å². The van der Waals surface area contributed by atoms with Gasteiger partial charge in [-0.05, 0) is 55.5 Å². The normalized spacial score (nSPS) is 17.4. The van der Waals surface area contributed by atoms with Crippen molar-refractivity contribution in [3.05, 3.63) is 54.1 Å². The second kappa shape index (κ2) is 10.5. The van der Waals surface area contributed by atoms with Gasteiger partial charge in [0, 0.05) is 39.1 Å². The summed E-state index contributed by atoms with van der Waals surface area (Å²) in [4.78, 5) is 25.0. The van der Waals surface area contributed by atoms with Gasteiger partial charge < -0.3 is 9.80 Å². The van der Waals surface area contributed by atoms with Crippen molar-refractivity contribution in [2.24, 2.45) is 5.92 Å². The number of piperidine rings is 1. The van der Waals surface area contributed by atoms with Crippen LogP contribution in [-0.2, 0) is 11.2 Å². The first-order valence-corrected chi connectivity index (χ1v) is 10.7. The minimum atomic E-state index is -0.188. The second-order valence-corrected chi connectivity index (χ2v) is 8.22. The Morgan fingerprint density at radius 1 is 1.29 bits per heavy atom. The van der Waals surface area contributed by atoms with Gasteiger partial charge in [0.15, 0.2) is 5.16 Å². The van der Waals surface area contributed by atoms with E-state index in [0.29, 0.717) is 16.8 Å². The average Bonchev–Trinajstić information content (AvgIpc) is 2.72. The molecule has 0 N–H and O–H groups in total. The lowest BCUT2D eigenvalue weighted by Crippen LogP contribution is -2.42. The molecule has 1 aliphatic heterocycles. The lowest BCUT2D eigenvalue weighted by Gasteiger charge is -2.34. The molecular formula is C21H27FN4OS. The van der Waals surface area contributed by atoms with Gasteiger partial charge in [-0.3, -0.25) is 4.79 Å². The Balaban J connectivity index is 1.40. The number of halogens is 1. The SMILES string of the molecule is CN(C[C@@H]1CCCN(CCc2ccc(F)cc2)C1)C(=O)CSc1ncccn1. The van der Waals surface area contributed by atoms with E-state index in [4.69, 9.17) is 0 Å². The summed E-state index contributed by atoms with van der Waals surface area (Å²) in [6, 6.07) is 8.53. The highest BCUT2D eigenvalue weighted by Crippen LogP contribution is 2.19. The van der Waals surface area contributed by atoms with Crippen LogP contribution in [0.1, 0.15) is 18.4 Å². The van der Waals surface area contributed by atoms with Gasteiger partial charge in [-0.25, -0.2) is 14.4 Å². The van der Waals surface area contributed by atoms with Crippen LogP contribution < -0.4 is 0 Å². The molecule has 1 amide bonds. The van der Waals surface area contributed by atoms with E-state index in [9.17, 15) is 9.18 Å². The highest BCUT2D eigenvalue weighted by molar-refractivity contribution is 7.99. The smallest absolute Gasteiger partial charge is 0.232 e. The van der Waals surface area contributed by atoms with Gasteiger partial charge in [0.25, 0.3) is 0 Å². The van der Waals surface area contributed by atoms with Crippen LogP contribution in [0.25, 0.3) is 0 Å². The molecule has 0 radical (unpaired) electrons. The maximum atomic E-state index is 13.0. The Hall–Kier alpha value is -1.99. The molecule has 0 bridgehead atoms. The third-order valence-corrected chi connectivity index (χ3v) is 5.92. The first-order chi connectivity index (χ1) is 13.6. The van der Waals surface area contributed by atoms with Gasteiger partial charge in [-0.2, -0.15) is 0 Å². The molecule has 7 heteroatoms. The van der Waals surface area contributed by atoms with E-state index in [2.05, 4.69) is 14.9 Å². The Bertz CT molecular complexity index is 744. The topological polar surface area (TPSA) is 49.3 Å². The summed E-state index contributed by atoms with van der Waals surface area (Å²) in [7, 11) is 1.88. The molecule has 1 aliphatic rings. The van der Waals surface area contributed by atoms with Gasteiger partial charge in [-0.1, -0.05) is 23.9 Å². The van der Waals surface area contributed by atoms with Crippen molar-refractivity contribution < 1.29 is 9.18 Å². The van der Waals surface area contributed by atoms with Crippen LogP contribution >= 0.6 is 11.8 Å². The molecule has 28 heavy (non-hydrogen) atoms. The molecule has 2 heterocycles. The lowest BCUT2D eigenvalue weighted by molar-refractivity contribution is -0.127. The summed E-state index contributed by atoms with van der Waals surface area (Å²) in [5.74, 6) is 0.780. The number of nitrogens with zero attached hydrogens (tertiary/aromatic N) is 4. The van der Waals surface area contributed by atoms with Crippen molar-refractivity contribution >= 4 is 17.7 Å². The first-order valence-electron chi connectivity index (χ1n) is 9.71. The van der Waals surface area contributed by atoms with Crippen molar-refractivity contribution in [1.29, 1.82) is 0 Å². The Labute approximate surface area is 170 Å². The number of hydrogen-bond donors (Lipinski definition) is 0. The Morgan fingerprint density at radius 3 is 2.79 bits per heavy atom. The van der Waals surface area contributed by atoms with Gasteiger partial charge in [0.2, 0.25) is 5.91 Å². The zero-order valence-electron chi connectivity index (χ0n) is 16.3. The highest BCUT2D eigenvalue weighted by atomic mass is 32.2. The third kappa shape index (κ3) is 6.56. The van der Waals surface area contributed by atoms with Crippen molar-refractivity contribution in [2.45, 2.75) is 24.4 Å². The second-order valence-electron chi connectivity index (χ2n) is 7.28. The monoisotopic (exact) mass is 402 g/mol. The van der Waals surface area contributed by atoms with E-state index in [-0.39, 0.29) is 11.7 Å². The van der Waals surface area contributed by atoms with Crippen LogP contribution in [0, 0.1) is 11.7 Å². The standard InChI is InChI=1S/C21H27FN4OS/c1-25(20(27)16-28-21-23-10-3-11-24-21)14-18-4-2-12-26(15-18)13-9-17-5-7-19(22)8-6-17/h3,5-8,10-11,18H,2,4,9,12-16H2,1H3/t18-/m0/s1. The quantitative estimate of drug-likeness (QED) is 0.502. The first kappa shape index (κ1) is 20.7. The molecule has 1 aromatic carbocycles. The predicted octanol–water partition coefficient (Wildman–Crippen LogP) is 3.12. The van der Waals surface area contributed by atoms with Crippen LogP contribution in [0.5, 0.6) is 0 Å². The molecule has 0 unspecified atom stereocenters. The number of hydrogen-bond acceptors (Lipinski definition) is 5. The molecule has 5 nitrogen and oxygen atoms in total. The van der Waals surface area contributed by atoms with E-state index >= 15 is 0 Å². The van der Waals surface area contributed by atoms with Crippen LogP contribution in [0.15, 0.2) is 47.9 Å². The molecule has 1 saturated heterocycles. The Kier molecular flexibility index (Phi) is 7.80. The van der Waals surface area contributed by atoms with Crippen LogP contribution in [0.4, 0.5) is 4.39 Å². The van der Waals surface area contributed by atoms with E-state index in [1.807, 2.05) is 24.1 Å². The molecule has 1 fully saturated rings. The Morgan fingerprint density at radius 2 is 2.04 bits per heavy atom. The molecule has 0 spiro atoms. The summed E-state index contributed by atoms with van der Waals surface area (Å²) in [6.45, 7) is 3.85. The van der Waals surface area contributed by atoms with E-state index in [0.717, 1.165) is 51.0 Å². The summed E-state index contributed by atoms with van der Waals surface area (Å²) < 4.78 is 13.0. The van der Waals surface area contributed by atoms with E-state index in [1.54, 1.807) is 18.5 Å². The zero-order chi connectivity index (χ0) is 19.8. The largest absolute Gasteiger partial charge is 0.345 e. The molecule has 3 rings (SSSR count). The number of thioether (sulfide) groups is 1. The minimum Gasteiger partial charge on any atom is -0.345 e. The highest BCUT2D eigenvalue weighted by Gasteiger charge is 2.22. The number of aromatic nitrogens is 2. The van der Waals surface area contributed by atoms with Gasteiger partial charge in [-0.15, -0.1) is 0 Å². The number of benzene rings is 1. The summed E-state index contributed by atoms with van der Waals surface area (Å²) in [6.07, 6.45) is 6.61. The summed E-state index contributed by atoms with van der Waals surface area (Å²) in [5.41, 5.74) is 1.16. The van der Waals surface area contributed by atoms with Gasteiger partial charge >= 0.3 is 0 Å². The van der Waals surface area contributed by atoms with Crippen LogP contribution in [0.3, 0.4) is 0 Å². The summed E-state index contributed by atoms with van der Waals surface area (Å²) >= 11 is 1.38. The number of amides is 1. The molecule has 150 valence electrons. The average molecular weight is 403 g/mol. The van der Waals surface area contributed by atoms with Crippen LogP contribution in [-0.4, -0.2) is 64.7 Å². The maximum Gasteiger partial charge on any atom is 0.232 e. The van der Waals surface area contributed by atoms with Crippen molar-refractivity contribution in [1.82, 2.24) is 19.8 Å². The predicted molar refractivity (Wildman–Crippen MR) is 110 cm³/mol. The molecule has 1 aromatic heterocycles. The fourth-order valence-corrected chi connectivity index (χ4v) is 4.27. The number of likely N-dealkylation sites (tertiary alicyclic amines) is 1. The maximum absolute atomic E-state index is 13.0. The molecule has 0 saturated carbocycles. The zero-order valence-corrected chi connectivity index (χ0v) is 17.1. The van der Waals surface area contributed by atoms with Gasteiger partial charge in [0.05, 0.1) is 5.75 Å². The van der Waals surface area contributed by atoms with Crippen molar-refractivity contribution in [3.63, 3.8) is 0 Å². The number of carbonyl (C=O) groups excluding carboxylic acids is 1. The lowest BCUT2D eigenvalue weighted by atomic mass is 9.97. The number of rotatable bonds is 8. The molecule has 0 aliphatic carbocycles. The van der Waals surface area contributed by atoms with Crippen molar-refractivity contribution in [2.75, 3.05) is 39.0 Å². The fourth-order valence-electron chi connectivity index (χ4n) is 3.53. The van der Waals surface area contributed by atoms with Crippen molar-refractivity contribution in [3.8, 4) is 0 Å². The van der Waals surface area contributed by atoms with E-state index < -0.39 is 0 Å². The minimum absolute atomic E-state index is 0.112. The van der Waals surface area contributed by atoms with E-state index in [1.165, 1.54) is 23.9 Å². The molecular weight excluding hydrogens is 375 g/mol. The molecule has 1 atom stereocenters.